The van der Waals surface area contributed by atoms with E-state index >= 15 is 0 Å². The topological polar surface area (TPSA) is 102 Å². The summed E-state index contributed by atoms with van der Waals surface area (Å²) in [5.74, 6) is -0.423. The molecule has 8 heteroatoms. The number of benzene rings is 1. The van der Waals surface area contributed by atoms with Gasteiger partial charge in [-0.2, -0.15) is 0 Å². The smallest absolute Gasteiger partial charge is 0.330 e. The number of fused-ring (bicyclic) bond motifs is 1. The van der Waals surface area contributed by atoms with Crippen molar-refractivity contribution in [3.8, 4) is 11.3 Å². The number of hydrogen-bond donors (Lipinski definition) is 3. The Kier molecular flexibility index (Phi) is 3.51. The number of thiazole rings is 1. The van der Waals surface area contributed by atoms with Gasteiger partial charge in [0.1, 0.15) is 4.88 Å². The molecule has 1 aromatic carbocycles. The lowest BCUT2D eigenvalue weighted by molar-refractivity contribution is 0.0940. The summed E-state index contributed by atoms with van der Waals surface area (Å²) in [6.07, 6.45) is 1.88. The molecule has 0 saturated carbocycles. The van der Waals surface area contributed by atoms with Gasteiger partial charge in [0.15, 0.2) is 4.96 Å². The molecule has 112 valence electrons. The molecule has 0 aliphatic rings. The fourth-order valence-electron chi connectivity index (χ4n) is 2.08. The third kappa shape index (κ3) is 2.51. The van der Waals surface area contributed by atoms with Crippen LogP contribution >= 0.6 is 11.3 Å². The van der Waals surface area contributed by atoms with Crippen LogP contribution in [0.25, 0.3) is 16.2 Å². The van der Waals surface area contributed by atoms with E-state index in [0.717, 1.165) is 17.0 Å². The van der Waals surface area contributed by atoms with Gasteiger partial charge in [-0.05, 0) is 6.92 Å². The molecule has 3 aromatic rings. The quantitative estimate of drug-likeness (QED) is 0.627. The van der Waals surface area contributed by atoms with Crippen LogP contribution in [0.15, 0.2) is 36.5 Å². The molecule has 0 saturated heterocycles. The minimum Gasteiger partial charge on any atom is -0.350 e. The number of aryl methyl sites for hydroxylation is 1. The highest BCUT2D eigenvalue weighted by atomic mass is 32.1. The number of carbonyl (C=O) groups is 2. The van der Waals surface area contributed by atoms with Crippen molar-refractivity contribution in [3.63, 3.8) is 0 Å². The van der Waals surface area contributed by atoms with E-state index < -0.39 is 11.9 Å². The van der Waals surface area contributed by atoms with Crippen molar-refractivity contribution in [2.75, 3.05) is 0 Å². The first-order valence-corrected chi connectivity index (χ1v) is 7.27. The van der Waals surface area contributed by atoms with E-state index in [1.165, 1.54) is 11.3 Å². The van der Waals surface area contributed by atoms with Crippen LogP contribution in [0.4, 0.5) is 4.79 Å². The van der Waals surface area contributed by atoms with E-state index in [1.54, 1.807) is 0 Å². The second-order valence-corrected chi connectivity index (χ2v) is 5.58. The van der Waals surface area contributed by atoms with Crippen molar-refractivity contribution < 1.29 is 9.59 Å². The summed E-state index contributed by atoms with van der Waals surface area (Å²) in [7, 11) is 0. The highest BCUT2D eigenvalue weighted by Gasteiger charge is 2.18. The van der Waals surface area contributed by atoms with E-state index in [2.05, 4.69) is 15.8 Å². The SMILES string of the molecule is Cc1c(C(=O)NNC(N)=O)sc2nc(-c3ccccc3)cn12. The summed E-state index contributed by atoms with van der Waals surface area (Å²) in [4.78, 5) is 28.3. The number of nitrogens with zero attached hydrogens (tertiary/aromatic N) is 2. The predicted molar refractivity (Wildman–Crippen MR) is 83.4 cm³/mol. The number of amides is 3. The van der Waals surface area contributed by atoms with Crippen LogP contribution in [0.3, 0.4) is 0 Å². The fraction of sp³-hybridized carbons (Fsp3) is 0.0714. The number of nitrogens with two attached hydrogens (primary N) is 1. The van der Waals surface area contributed by atoms with E-state index in [4.69, 9.17) is 5.73 Å². The van der Waals surface area contributed by atoms with Gasteiger partial charge in [0, 0.05) is 17.5 Å². The van der Waals surface area contributed by atoms with E-state index in [1.807, 2.05) is 47.9 Å². The number of imidazole rings is 1. The van der Waals surface area contributed by atoms with Crippen LogP contribution in [0.5, 0.6) is 0 Å². The molecule has 0 aliphatic heterocycles. The molecule has 0 fully saturated rings. The number of urea groups is 1. The van der Waals surface area contributed by atoms with Gasteiger partial charge in [0.25, 0.3) is 5.91 Å². The Hall–Kier alpha value is -2.87. The number of aromatic nitrogens is 2. The van der Waals surface area contributed by atoms with Gasteiger partial charge in [-0.15, -0.1) is 0 Å². The molecular formula is C14H13N5O2S. The Morgan fingerprint density at radius 2 is 1.95 bits per heavy atom. The highest BCUT2D eigenvalue weighted by molar-refractivity contribution is 7.19. The molecule has 7 nitrogen and oxygen atoms in total. The van der Waals surface area contributed by atoms with Crippen molar-refractivity contribution in [1.29, 1.82) is 0 Å². The zero-order valence-corrected chi connectivity index (χ0v) is 12.5. The first-order valence-electron chi connectivity index (χ1n) is 6.46. The minimum absolute atomic E-state index is 0.423. The van der Waals surface area contributed by atoms with Gasteiger partial charge >= 0.3 is 6.03 Å². The van der Waals surface area contributed by atoms with Crippen LogP contribution in [0, 0.1) is 6.92 Å². The Labute approximate surface area is 129 Å². The molecule has 0 atom stereocenters. The van der Waals surface area contributed by atoms with Gasteiger partial charge in [-0.1, -0.05) is 41.7 Å². The number of primary amides is 1. The first kappa shape index (κ1) is 14.1. The van der Waals surface area contributed by atoms with Crippen molar-refractivity contribution >= 4 is 28.2 Å². The Bertz CT molecular complexity index is 853. The average Bonchev–Trinajstić information content (AvgIpc) is 3.06. The van der Waals surface area contributed by atoms with Gasteiger partial charge in [-0.3, -0.25) is 14.6 Å². The lowest BCUT2D eigenvalue weighted by Gasteiger charge is -2.03. The van der Waals surface area contributed by atoms with Gasteiger partial charge in [0.2, 0.25) is 0 Å². The molecule has 0 radical (unpaired) electrons. The monoisotopic (exact) mass is 315 g/mol. The molecule has 3 amide bonds. The predicted octanol–water partition coefficient (Wildman–Crippen LogP) is 1.68. The average molecular weight is 315 g/mol. The maximum atomic E-state index is 12.0. The van der Waals surface area contributed by atoms with Crippen LogP contribution in [0.1, 0.15) is 15.4 Å². The second-order valence-electron chi connectivity index (χ2n) is 4.60. The lowest BCUT2D eigenvalue weighted by Crippen LogP contribution is -2.44. The summed E-state index contributed by atoms with van der Waals surface area (Å²) < 4.78 is 1.85. The molecule has 2 aromatic heterocycles. The third-order valence-electron chi connectivity index (χ3n) is 3.13. The number of rotatable bonds is 2. The number of nitrogens with one attached hydrogen (secondary N) is 2. The maximum absolute atomic E-state index is 12.0. The zero-order valence-electron chi connectivity index (χ0n) is 11.7. The zero-order chi connectivity index (χ0) is 15.7. The maximum Gasteiger partial charge on any atom is 0.330 e. The normalized spacial score (nSPS) is 10.6. The molecule has 22 heavy (non-hydrogen) atoms. The number of hydrogen-bond acceptors (Lipinski definition) is 4. The second kappa shape index (κ2) is 5.49. The molecule has 2 heterocycles. The van der Waals surface area contributed by atoms with Crippen molar-refractivity contribution in [2.45, 2.75) is 6.92 Å². The lowest BCUT2D eigenvalue weighted by atomic mass is 10.2. The summed E-state index contributed by atoms with van der Waals surface area (Å²) >= 11 is 1.25. The third-order valence-corrected chi connectivity index (χ3v) is 4.29. The van der Waals surface area contributed by atoms with Crippen molar-refractivity contribution in [3.05, 3.63) is 47.1 Å². The molecule has 4 N–H and O–H groups in total. The summed E-state index contributed by atoms with van der Waals surface area (Å²) in [5.41, 5.74) is 11.8. The van der Waals surface area contributed by atoms with Gasteiger partial charge < -0.3 is 5.73 Å². The Morgan fingerprint density at radius 3 is 2.59 bits per heavy atom. The van der Waals surface area contributed by atoms with Crippen LogP contribution < -0.4 is 16.6 Å². The van der Waals surface area contributed by atoms with Crippen LogP contribution in [-0.4, -0.2) is 21.3 Å². The highest BCUT2D eigenvalue weighted by Crippen LogP contribution is 2.26. The van der Waals surface area contributed by atoms with Crippen molar-refractivity contribution in [1.82, 2.24) is 20.2 Å². The molecular weight excluding hydrogens is 302 g/mol. The molecule has 0 bridgehead atoms. The molecule has 0 aliphatic carbocycles. The van der Waals surface area contributed by atoms with E-state index in [9.17, 15) is 9.59 Å². The fourth-order valence-corrected chi connectivity index (χ4v) is 3.09. The molecule has 0 unspecified atom stereocenters. The number of hydrazine groups is 1. The standard InChI is InChI=1S/C14H13N5O2S/c1-8-11(12(20)17-18-13(15)21)22-14-16-10(7-19(8)14)9-5-3-2-4-6-9/h2-7H,1H3,(H,17,20)(H3,15,18,21). The minimum atomic E-state index is -0.821. The first-order chi connectivity index (χ1) is 10.6. The Morgan fingerprint density at radius 1 is 1.23 bits per heavy atom. The Balaban J connectivity index is 1.93. The van der Waals surface area contributed by atoms with E-state index in [-0.39, 0.29) is 0 Å². The summed E-state index contributed by atoms with van der Waals surface area (Å²) in [6, 6.07) is 8.98. The van der Waals surface area contributed by atoms with Gasteiger partial charge in [0.05, 0.1) is 5.69 Å². The molecule has 0 spiro atoms. The van der Waals surface area contributed by atoms with Crippen molar-refractivity contribution in [2.24, 2.45) is 5.73 Å². The largest absolute Gasteiger partial charge is 0.350 e. The van der Waals surface area contributed by atoms with Gasteiger partial charge in [-0.25, -0.2) is 15.2 Å². The number of carbonyl (C=O) groups excluding carboxylic acids is 2. The van der Waals surface area contributed by atoms with Crippen LogP contribution in [-0.2, 0) is 0 Å². The molecule has 3 rings (SSSR count). The summed E-state index contributed by atoms with van der Waals surface area (Å²) in [6.45, 7) is 1.82. The van der Waals surface area contributed by atoms with E-state index in [0.29, 0.717) is 9.84 Å². The van der Waals surface area contributed by atoms with Crippen LogP contribution in [0.2, 0.25) is 0 Å². The summed E-state index contributed by atoms with van der Waals surface area (Å²) in [5, 5.41) is 0.